The van der Waals surface area contributed by atoms with Gasteiger partial charge in [0.1, 0.15) is 12.7 Å². The largest absolute Gasteiger partial charge is 0.328 e. The van der Waals surface area contributed by atoms with E-state index in [1.807, 2.05) is 6.07 Å². The van der Waals surface area contributed by atoms with Gasteiger partial charge in [0.2, 0.25) is 5.91 Å². The Morgan fingerprint density at radius 3 is 2.74 bits per heavy atom. The van der Waals surface area contributed by atoms with Crippen LogP contribution < -0.4 is 11.1 Å². The highest BCUT2D eigenvalue weighted by Crippen LogP contribution is 2.24. The first kappa shape index (κ1) is 19.3. The van der Waals surface area contributed by atoms with Crippen molar-refractivity contribution in [2.75, 3.05) is 5.32 Å². The van der Waals surface area contributed by atoms with E-state index in [4.69, 9.17) is 5.73 Å². The number of aromatic nitrogens is 4. The lowest BCUT2D eigenvalue weighted by Crippen LogP contribution is -2.34. The summed E-state index contributed by atoms with van der Waals surface area (Å²) in [6, 6.07) is 3.74. The molecule has 0 saturated heterocycles. The summed E-state index contributed by atoms with van der Waals surface area (Å²) in [7, 11) is 0. The topological polar surface area (TPSA) is 98.7 Å². The molecule has 2 unspecified atom stereocenters. The first-order chi connectivity index (χ1) is 10.2. The van der Waals surface area contributed by atoms with Crippen LogP contribution in [0.25, 0.3) is 5.82 Å². The SMILES string of the molecule is Cl.Cl.NC1CCCC(C(=O)Nc2ccc(-n3cncn3)nc2)C1. The summed E-state index contributed by atoms with van der Waals surface area (Å²) in [5.41, 5.74) is 6.61. The summed E-state index contributed by atoms with van der Waals surface area (Å²) >= 11 is 0. The summed E-state index contributed by atoms with van der Waals surface area (Å²) in [5, 5.41) is 6.90. The number of carbonyl (C=O) groups is 1. The smallest absolute Gasteiger partial charge is 0.227 e. The van der Waals surface area contributed by atoms with Gasteiger partial charge in [-0.05, 0) is 31.4 Å². The van der Waals surface area contributed by atoms with Crippen LogP contribution in [0, 0.1) is 5.92 Å². The van der Waals surface area contributed by atoms with Crippen LogP contribution in [0.4, 0.5) is 5.69 Å². The highest BCUT2D eigenvalue weighted by atomic mass is 35.5. The van der Waals surface area contributed by atoms with Gasteiger partial charge >= 0.3 is 0 Å². The Hall–Kier alpha value is -1.70. The molecule has 2 aromatic heterocycles. The van der Waals surface area contributed by atoms with Crippen LogP contribution in [-0.4, -0.2) is 31.7 Å². The standard InChI is InChI=1S/C14H18N6O.2ClH/c15-11-3-1-2-10(6-11)14(21)19-12-4-5-13(17-7-12)20-9-16-8-18-20;;/h4-5,7-11H,1-3,6,15H2,(H,19,21);2*1H. The molecule has 7 nitrogen and oxygen atoms in total. The predicted octanol–water partition coefficient (Wildman–Crippen LogP) is 1.96. The van der Waals surface area contributed by atoms with Gasteiger partial charge in [-0.25, -0.2) is 14.6 Å². The monoisotopic (exact) mass is 358 g/mol. The van der Waals surface area contributed by atoms with Crippen LogP contribution in [0.2, 0.25) is 0 Å². The number of pyridine rings is 1. The van der Waals surface area contributed by atoms with E-state index in [-0.39, 0.29) is 42.7 Å². The van der Waals surface area contributed by atoms with E-state index in [9.17, 15) is 4.79 Å². The number of anilines is 1. The maximum absolute atomic E-state index is 12.2. The Morgan fingerprint density at radius 1 is 1.30 bits per heavy atom. The molecule has 9 heteroatoms. The molecule has 0 spiro atoms. The van der Waals surface area contributed by atoms with Gasteiger partial charge in [0.15, 0.2) is 5.82 Å². The van der Waals surface area contributed by atoms with Crippen molar-refractivity contribution in [3.63, 3.8) is 0 Å². The van der Waals surface area contributed by atoms with Crippen molar-refractivity contribution in [1.29, 1.82) is 0 Å². The number of carbonyl (C=O) groups excluding carboxylic acids is 1. The zero-order chi connectivity index (χ0) is 14.7. The van der Waals surface area contributed by atoms with Crippen molar-refractivity contribution in [2.24, 2.45) is 11.7 Å². The van der Waals surface area contributed by atoms with Gasteiger partial charge < -0.3 is 11.1 Å². The number of rotatable bonds is 3. The van der Waals surface area contributed by atoms with Gasteiger partial charge in [-0.3, -0.25) is 4.79 Å². The first-order valence-electron chi connectivity index (χ1n) is 7.10. The maximum Gasteiger partial charge on any atom is 0.227 e. The highest BCUT2D eigenvalue weighted by Gasteiger charge is 2.25. The third kappa shape index (κ3) is 4.89. The number of nitrogens with zero attached hydrogens (tertiary/aromatic N) is 4. The number of nitrogens with two attached hydrogens (primary N) is 1. The van der Waals surface area contributed by atoms with E-state index < -0.39 is 0 Å². The number of hydrogen-bond donors (Lipinski definition) is 2. The minimum absolute atomic E-state index is 0. The Balaban J connectivity index is 0.00000132. The quantitative estimate of drug-likeness (QED) is 0.873. The molecule has 0 aromatic carbocycles. The van der Waals surface area contributed by atoms with Crippen molar-refractivity contribution < 1.29 is 4.79 Å². The van der Waals surface area contributed by atoms with Gasteiger partial charge in [-0.1, -0.05) is 6.42 Å². The molecule has 3 N–H and O–H groups in total. The van der Waals surface area contributed by atoms with E-state index >= 15 is 0 Å². The second-order valence-corrected chi connectivity index (χ2v) is 5.36. The number of amides is 1. The van der Waals surface area contributed by atoms with Gasteiger partial charge in [0.25, 0.3) is 0 Å². The second kappa shape index (κ2) is 8.81. The van der Waals surface area contributed by atoms with Crippen LogP contribution in [0.15, 0.2) is 31.0 Å². The van der Waals surface area contributed by atoms with Gasteiger partial charge in [0, 0.05) is 12.0 Å². The zero-order valence-corrected chi connectivity index (χ0v) is 14.1. The van der Waals surface area contributed by atoms with Gasteiger partial charge in [0.05, 0.1) is 11.9 Å². The summed E-state index contributed by atoms with van der Waals surface area (Å²) < 4.78 is 1.56. The number of hydrogen-bond acceptors (Lipinski definition) is 5. The van der Waals surface area contributed by atoms with Crippen LogP contribution >= 0.6 is 24.8 Å². The van der Waals surface area contributed by atoms with Gasteiger partial charge in [-0.2, -0.15) is 5.10 Å². The van der Waals surface area contributed by atoms with E-state index in [1.165, 1.54) is 6.33 Å². The molecule has 126 valence electrons. The summed E-state index contributed by atoms with van der Waals surface area (Å²) in [4.78, 5) is 20.3. The highest BCUT2D eigenvalue weighted by molar-refractivity contribution is 5.92. The molecule has 1 aliphatic carbocycles. The molecular weight excluding hydrogens is 339 g/mol. The molecule has 2 aromatic rings. The van der Waals surface area contributed by atoms with Crippen molar-refractivity contribution >= 4 is 36.4 Å². The molecule has 0 radical (unpaired) electrons. The Kier molecular flexibility index (Phi) is 7.41. The molecule has 0 bridgehead atoms. The minimum atomic E-state index is 0. The predicted molar refractivity (Wildman–Crippen MR) is 92.2 cm³/mol. The Morgan fingerprint density at radius 2 is 2.13 bits per heavy atom. The summed E-state index contributed by atoms with van der Waals surface area (Å²) in [6.45, 7) is 0. The van der Waals surface area contributed by atoms with Crippen LogP contribution in [0.5, 0.6) is 0 Å². The lowest BCUT2D eigenvalue weighted by molar-refractivity contribution is -0.120. The Labute approximate surface area is 146 Å². The molecular formula is C14H20Cl2N6O. The summed E-state index contributed by atoms with van der Waals surface area (Å²) in [5.74, 6) is 0.689. The summed E-state index contributed by atoms with van der Waals surface area (Å²) in [6.07, 6.45) is 8.34. The molecule has 1 fully saturated rings. The minimum Gasteiger partial charge on any atom is -0.328 e. The fourth-order valence-corrected chi connectivity index (χ4v) is 2.63. The number of halogens is 2. The van der Waals surface area contributed by atoms with Crippen molar-refractivity contribution in [1.82, 2.24) is 19.7 Å². The average molecular weight is 359 g/mol. The van der Waals surface area contributed by atoms with E-state index in [0.29, 0.717) is 11.5 Å². The molecule has 1 saturated carbocycles. The van der Waals surface area contributed by atoms with Crippen molar-refractivity contribution in [3.8, 4) is 5.82 Å². The lowest BCUT2D eigenvalue weighted by atomic mass is 9.85. The third-order valence-corrected chi connectivity index (χ3v) is 3.75. The Bertz CT molecular complexity index is 604. The molecule has 3 rings (SSSR count). The van der Waals surface area contributed by atoms with Gasteiger partial charge in [-0.15, -0.1) is 24.8 Å². The van der Waals surface area contributed by atoms with Crippen LogP contribution in [0.3, 0.4) is 0 Å². The molecule has 1 aliphatic rings. The normalized spacial score (nSPS) is 20.0. The first-order valence-corrected chi connectivity index (χ1v) is 7.10. The third-order valence-electron chi connectivity index (χ3n) is 3.75. The number of nitrogens with one attached hydrogen (secondary N) is 1. The second-order valence-electron chi connectivity index (χ2n) is 5.36. The van der Waals surface area contributed by atoms with E-state index in [1.54, 1.807) is 23.3 Å². The zero-order valence-electron chi connectivity index (χ0n) is 12.5. The van der Waals surface area contributed by atoms with Crippen LogP contribution in [0.1, 0.15) is 25.7 Å². The molecule has 0 aliphatic heterocycles. The fourth-order valence-electron chi connectivity index (χ4n) is 2.63. The van der Waals surface area contributed by atoms with E-state index in [0.717, 1.165) is 25.7 Å². The molecule has 2 atom stereocenters. The maximum atomic E-state index is 12.2. The van der Waals surface area contributed by atoms with Crippen molar-refractivity contribution in [3.05, 3.63) is 31.0 Å². The lowest BCUT2D eigenvalue weighted by Gasteiger charge is -2.25. The molecule has 2 heterocycles. The average Bonchev–Trinajstić information content (AvgIpc) is 3.02. The van der Waals surface area contributed by atoms with E-state index in [2.05, 4.69) is 20.4 Å². The fraction of sp³-hybridized carbons (Fsp3) is 0.429. The molecule has 1 amide bonds. The van der Waals surface area contributed by atoms with Crippen molar-refractivity contribution in [2.45, 2.75) is 31.7 Å². The van der Waals surface area contributed by atoms with Crippen LogP contribution in [-0.2, 0) is 4.79 Å². The molecule has 23 heavy (non-hydrogen) atoms.